The van der Waals surface area contributed by atoms with Gasteiger partial charge in [0.25, 0.3) is 5.91 Å². The molecule has 2 rings (SSSR count). The van der Waals surface area contributed by atoms with E-state index in [0.717, 1.165) is 17.7 Å². The van der Waals surface area contributed by atoms with Crippen LogP contribution >= 0.6 is 0 Å². The van der Waals surface area contributed by atoms with Crippen molar-refractivity contribution >= 4 is 17.8 Å². The molecule has 0 aliphatic rings. The quantitative estimate of drug-likeness (QED) is 0.805. The van der Waals surface area contributed by atoms with Gasteiger partial charge >= 0.3 is 6.18 Å². The van der Waals surface area contributed by atoms with E-state index in [0.29, 0.717) is 11.8 Å². The summed E-state index contributed by atoms with van der Waals surface area (Å²) < 4.78 is 37.5. The molecular formula is C19H19F3N2O. The van der Waals surface area contributed by atoms with Gasteiger partial charge in [0, 0.05) is 11.8 Å². The first kappa shape index (κ1) is 18.7. The van der Waals surface area contributed by atoms with Crippen molar-refractivity contribution in [2.24, 2.45) is 5.41 Å². The summed E-state index contributed by atoms with van der Waals surface area (Å²) in [6, 6.07) is 8.92. The molecule has 6 heteroatoms. The summed E-state index contributed by atoms with van der Waals surface area (Å²) in [7, 11) is 0. The molecule has 0 atom stereocenters. The van der Waals surface area contributed by atoms with Crippen LogP contribution in [0.25, 0.3) is 6.08 Å². The van der Waals surface area contributed by atoms with Gasteiger partial charge in [0.2, 0.25) is 0 Å². The third-order valence-electron chi connectivity index (χ3n) is 3.28. The lowest BCUT2D eigenvalue weighted by atomic mass is 9.95. The van der Waals surface area contributed by atoms with Crippen LogP contribution in [-0.4, -0.2) is 10.9 Å². The number of carbonyl (C=O) groups is 1. The van der Waals surface area contributed by atoms with Crippen LogP contribution in [0, 0.1) is 5.41 Å². The van der Waals surface area contributed by atoms with Crippen LogP contribution < -0.4 is 5.32 Å². The minimum atomic E-state index is -4.45. The van der Waals surface area contributed by atoms with Gasteiger partial charge in [-0.2, -0.15) is 13.2 Å². The third-order valence-corrected chi connectivity index (χ3v) is 3.28. The molecule has 2 aromatic rings. The van der Waals surface area contributed by atoms with Crippen LogP contribution in [0.15, 0.2) is 48.7 Å². The number of benzene rings is 1. The molecule has 0 spiro atoms. The highest BCUT2D eigenvalue weighted by atomic mass is 19.4. The molecule has 1 aromatic carbocycles. The molecule has 0 bridgehead atoms. The van der Waals surface area contributed by atoms with Crippen LogP contribution in [-0.2, 0) is 6.18 Å². The van der Waals surface area contributed by atoms with E-state index < -0.39 is 17.6 Å². The van der Waals surface area contributed by atoms with Crippen molar-refractivity contribution in [3.05, 3.63) is 65.4 Å². The second-order valence-electron chi connectivity index (χ2n) is 6.71. The molecule has 1 heterocycles. The smallest absolute Gasteiger partial charge is 0.307 e. The number of aromatic nitrogens is 1. The number of hydrogen-bond donors (Lipinski definition) is 1. The molecule has 0 saturated carbocycles. The van der Waals surface area contributed by atoms with Crippen molar-refractivity contribution in [1.29, 1.82) is 0 Å². The molecule has 0 saturated heterocycles. The monoisotopic (exact) mass is 348 g/mol. The first-order valence-electron chi connectivity index (χ1n) is 7.68. The van der Waals surface area contributed by atoms with E-state index in [-0.39, 0.29) is 11.2 Å². The van der Waals surface area contributed by atoms with E-state index in [1.807, 2.05) is 6.08 Å². The van der Waals surface area contributed by atoms with Crippen molar-refractivity contribution in [3.8, 4) is 0 Å². The second-order valence-corrected chi connectivity index (χ2v) is 6.71. The first-order valence-corrected chi connectivity index (χ1v) is 7.68. The van der Waals surface area contributed by atoms with E-state index in [1.54, 1.807) is 24.3 Å². The largest absolute Gasteiger partial charge is 0.417 e. The van der Waals surface area contributed by atoms with Crippen molar-refractivity contribution in [2.75, 3.05) is 5.32 Å². The lowest BCUT2D eigenvalue weighted by molar-refractivity contribution is -0.137. The van der Waals surface area contributed by atoms with Crippen molar-refractivity contribution in [1.82, 2.24) is 4.98 Å². The normalized spacial score (nSPS) is 12.4. The molecule has 3 nitrogen and oxygen atoms in total. The van der Waals surface area contributed by atoms with E-state index in [4.69, 9.17) is 0 Å². The lowest BCUT2D eigenvalue weighted by Crippen LogP contribution is -2.13. The summed E-state index contributed by atoms with van der Waals surface area (Å²) in [6.45, 7) is 6.26. The number of allylic oxidation sites excluding steroid dienone is 1. The lowest BCUT2D eigenvalue weighted by Gasteiger charge is -2.11. The summed E-state index contributed by atoms with van der Waals surface area (Å²) in [4.78, 5) is 15.8. The number of nitrogens with zero attached hydrogens (tertiary/aromatic N) is 1. The second kappa shape index (κ2) is 7.09. The van der Waals surface area contributed by atoms with E-state index >= 15 is 0 Å². The minimum absolute atomic E-state index is 0.0598. The molecule has 25 heavy (non-hydrogen) atoms. The highest BCUT2D eigenvalue weighted by Gasteiger charge is 2.30. The Morgan fingerprint density at radius 2 is 1.68 bits per heavy atom. The van der Waals surface area contributed by atoms with Gasteiger partial charge in [-0.1, -0.05) is 45.1 Å². The number of rotatable bonds is 3. The summed E-state index contributed by atoms with van der Waals surface area (Å²) in [5, 5.41) is 2.48. The number of halogens is 3. The standard InChI is InChI=1S/C19H19F3N2O/c1-18(2,3)11-10-13-4-6-14(7-5-13)17(25)24-16-9-8-15(12-23-16)19(20,21)22/h4-12H,1-3H3,(H,23,24,25). The number of alkyl halides is 3. The van der Waals surface area contributed by atoms with Crippen LogP contribution in [0.3, 0.4) is 0 Å². The highest BCUT2D eigenvalue weighted by Crippen LogP contribution is 2.28. The van der Waals surface area contributed by atoms with E-state index in [2.05, 4.69) is 37.1 Å². The predicted octanol–water partition coefficient (Wildman–Crippen LogP) is 5.41. The molecule has 1 amide bonds. The fourth-order valence-electron chi connectivity index (χ4n) is 1.92. The van der Waals surface area contributed by atoms with Crippen LogP contribution in [0.4, 0.5) is 19.0 Å². The molecule has 1 aromatic heterocycles. The Kier molecular flexibility index (Phi) is 5.30. The topological polar surface area (TPSA) is 42.0 Å². The summed E-state index contributed by atoms with van der Waals surface area (Å²) in [6.07, 6.45) is 0.273. The molecule has 0 radical (unpaired) electrons. The van der Waals surface area contributed by atoms with Crippen molar-refractivity contribution in [2.45, 2.75) is 26.9 Å². The predicted molar refractivity (Wildman–Crippen MR) is 92.1 cm³/mol. The Morgan fingerprint density at radius 1 is 1.04 bits per heavy atom. The molecular weight excluding hydrogens is 329 g/mol. The Morgan fingerprint density at radius 3 is 2.16 bits per heavy atom. The number of amides is 1. The van der Waals surface area contributed by atoms with Gasteiger partial charge in [-0.3, -0.25) is 4.79 Å². The summed E-state index contributed by atoms with van der Waals surface area (Å²) in [5.41, 5.74) is 0.554. The summed E-state index contributed by atoms with van der Waals surface area (Å²) in [5.74, 6) is -0.367. The molecule has 0 unspecified atom stereocenters. The van der Waals surface area contributed by atoms with Gasteiger partial charge in [-0.25, -0.2) is 4.98 Å². The number of carbonyl (C=O) groups excluding carboxylic acids is 1. The molecule has 0 aliphatic carbocycles. The average molecular weight is 348 g/mol. The van der Waals surface area contributed by atoms with Gasteiger partial charge in [0.1, 0.15) is 5.82 Å². The number of hydrogen-bond acceptors (Lipinski definition) is 2. The zero-order valence-electron chi connectivity index (χ0n) is 14.2. The Balaban J connectivity index is 2.05. The molecule has 1 N–H and O–H groups in total. The minimum Gasteiger partial charge on any atom is -0.307 e. The van der Waals surface area contributed by atoms with Crippen LogP contribution in [0.2, 0.25) is 0 Å². The highest BCUT2D eigenvalue weighted by molar-refractivity contribution is 6.03. The van der Waals surface area contributed by atoms with Gasteiger partial charge in [-0.05, 0) is 35.2 Å². The maximum atomic E-state index is 12.5. The van der Waals surface area contributed by atoms with Gasteiger partial charge in [0.15, 0.2) is 0 Å². The SMILES string of the molecule is CC(C)(C)C=Cc1ccc(C(=O)Nc2ccc(C(F)(F)F)cn2)cc1. The zero-order chi connectivity index (χ0) is 18.7. The molecule has 0 fully saturated rings. The molecule has 0 aliphatic heterocycles. The Hall–Kier alpha value is -2.63. The number of nitrogens with one attached hydrogen (secondary N) is 1. The summed E-state index contributed by atoms with van der Waals surface area (Å²) >= 11 is 0. The number of pyridine rings is 1. The Labute approximate surface area is 144 Å². The van der Waals surface area contributed by atoms with Crippen LogP contribution in [0.5, 0.6) is 0 Å². The van der Waals surface area contributed by atoms with Crippen LogP contribution in [0.1, 0.15) is 42.3 Å². The Bertz CT molecular complexity index is 755. The van der Waals surface area contributed by atoms with Crippen molar-refractivity contribution in [3.63, 3.8) is 0 Å². The average Bonchev–Trinajstić information content (AvgIpc) is 2.52. The van der Waals surface area contributed by atoms with Gasteiger partial charge < -0.3 is 5.32 Å². The first-order chi connectivity index (χ1) is 11.5. The van der Waals surface area contributed by atoms with Gasteiger partial charge in [-0.15, -0.1) is 0 Å². The fraction of sp³-hybridized carbons (Fsp3) is 0.263. The van der Waals surface area contributed by atoms with E-state index in [1.165, 1.54) is 0 Å². The zero-order valence-corrected chi connectivity index (χ0v) is 14.2. The van der Waals surface area contributed by atoms with Gasteiger partial charge in [0.05, 0.1) is 5.56 Å². The van der Waals surface area contributed by atoms with Crippen molar-refractivity contribution < 1.29 is 18.0 Å². The number of anilines is 1. The third kappa shape index (κ3) is 5.74. The molecule has 132 valence electrons. The fourth-order valence-corrected chi connectivity index (χ4v) is 1.92. The maximum Gasteiger partial charge on any atom is 0.417 e. The maximum absolute atomic E-state index is 12.5. The van der Waals surface area contributed by atoms with E-state index in [9.17, 15) is 18.0 Å².